The van der Waals surface area contributed by atoms with E-state index in [0.29, 0.717) is 6.10 Å². The highest BCUT2D eigenvalue weighted by Crippen LogP contribution is 2.32. The minimum atomic E-state index is 0.339. The zero-order valence-electron chi connectivity index (χ0n) is 13.2. The molecule has 2 aromatic heterocycles. The summed E-state index contributed by atoms with van der Waals surface area (Å²) in [6, 6.07) is 10.6. The first-order chi connectivity index (χ1) is 10.8. The van der Waals surface area contributed by atoms with Crippen molar-refractivity contribution in [2.45, 2.75) is 38.3 Å². The Kier molecular flexibility index (Phi) is 5.59. The van der Waals surface area contributed by atoms with Gasteiger partial charge >= 0.3 is 0 Å². The van der Waals surface area contributed by atoms with Gasteiger partial charge in [-0.2, -0.15) is 0 Å². The van der Waals surface area contributed by atoms with E-state index in [0.717, 1.165) is 31.8 Å². The molecule has 3 heterocycles. The van der Waals surface area contributed by atoms with Crippen molar-refractivity contribution in [1.29, 1.82) is 0 Å². The van der Waals surface area contributed by atoms with Crippen molar-refractivity contribution in [3.8, 4) is 0 Å². The van der Waals surface area contributed by atoms with Crippen molar-refractivity contribution in [2.75, 3.05) is 20.2 Å². The Morgan fingerprint density at radius 1 is 1.27 bits per heavy atom. The SMILES string of the molecule is CN(CCc1ccccn1)Cc1ccc([C@@H]2CCCCO2)s1. The Labute approximate surface area is 137 Å². The number of hydrogen-bond donors (Lipinski definition) is 0. The molecule has 0 bridgehead atoms. The van der Waals surface area contributed by atoms with E-state index in [1.54, 1.807) is 0 Å². The summed E-state index contributed by atoms with van der Waals surface area (Å²) in [5, 5.41) is 0. The number of pyridine rings is 1. The number of rotatable bonds is 6. The summed E-state index contributed by atoms with van der Waals surface area (Å²) in [6.07, 6.45) is 6.89. The summed E-state index contributed by atoms with van der Waals surface area (Å²) >= 11 is 1.91. The number of hydrogen-bond acceptors (Lipinski definition) is 4. The van der Waals surface area contributed by atoms with Gasteiger partial charge in [-0.05, 0) is 50.6 Å². The van der Waals surface area contributed by atoms with Gasteiger partial charge in [-0.15, -0.1) is 11.3 Å². The maximum atomic E-state index is 5.88. The average molecular weight is 316 g/mol. The molecule has 1 aliphatic heterocycles. The van der Waals surface area contributed by atoms with Gasteiger partial charge in [-0.1, -0.05) is 6.07 Å². The lowest BCUT2D eigenvalue weighted by atomic mass is 10.1. The van der Waals surface area contributed by atoms with Crippen LogP contribution in [0.3, 0.4) is 0 Å². The molecule has 0 unspecified atom stereocenters. The van der Waals surface area contributed by atoms with Gasteiger partial charge in [0, 0.05) is 47.8 Å². The van der Waals surface area contributed by atoms with Crippen LogP contribution in [0.1, 0.15) is 40.8 Å². The highest BCUT2D eigenvalue weighted by atomic mass is 32.1. The first kappa shape index (κ1) is 15.7. The molecule has 4 heteroatoms. The van der Waals surface area contributed by atoms with Gasteiger partial charge in [0.25, 0.3) is 0 Å². The van der Waals surface area contributed by atoms with Crippen LogP contribution < -0.4 is 0 Å². The molecule has 1 aliphatic rings. The van der Waals surface area contributed by atoms with Gasteiger partial charge < -0.3 is 9.64 Å². The van der Waals surface area contributed by atoms with E-state index >= 15 is 0 Å². The fourth-order valence-corrected chi connectivity index (χ4v) is 3.99. The highest BCUT2D eigenvalue weighted by molar-refractivity contribution is 7.12. The molecular weight excluding hydrogens is 292 g/mol. The molecule has 0 spiro atoms. The quantitative estimate of drug-likeness (QED) is 0.803. The molecule has 118 valence electrons. The zero-order chi connectivity index (χ0) is 15.2. The monoisotopic (exact) mass is 316 g/mol. The Bertz CT molecular complexity index is 563. The fraction of sp³-hybridized carbons (Fsp3) is 0.500. The lowest BCUT2D eigenvalue weighted by Crippen LogP contribution is -2.20. The summed E-state index contributed by atoms with van der Waals surface area (Å²) < 4.78 is 5.88. The Morgan fingerprint density at radius 3 is 3.00 bits per heavy atom. The minimum absolute atomic E-state index is 0.339. The molecule has 1 saturated heterocycles. The number of thiophene rings is 1. The molecular formula is C18H24N2OS. The molecule has 0 aliphatic carbocycles. The third-order valence-electron chi connectivity index (χ3n) is 4.08. The van der Waals surface area contributed by atoms with Crippen molar-refractivity contribution in [3.05, 3.63) is 52.0 Å². The van der Waals surface area contributed by atoms with Crippen LogP contribution in [0, 0.1) is 0 Å². The zero-order valence-corrected chi connectivity index (χ0v) is 14.0. The summed E-state index contributed by atoms with van der Waals surface area (Å²) in [7, 11) is 2.18. The average Bonchev–Trinajstić information content (AvgIpc) is 3.03. The van der Waals surface area contributed by atoms with Crippen molar-refractivity contribution in [1.82, 2.24) is 9.88 Å². The number of likely N-dealkylation sites (N-methyl/N-ethyl adjacent to an activating group) is 1. The van der Waals surface area contributed by atoms with Gasteiger partial charge in [-0.3, -0.25) is 4.98 Å². The van der Waals surface area contributed by atoms with Gasteiger partial charge in [0.15, 0.2) is 0 Å². The molecule has 0 N–H and O–H groups in total. The molecule has 0 saturated carbocycles. The van der Waals surface area contributed by atoms with Crippen molar-refractivity contribution in [3.63, 3.8) is 0 Å². The lowest BCUT2D eigenvalue weighted by molar-refractivity contribution is 0.0172. The van der Waals surface area contributed by atoms with Crippen LogP contribution in [0.15, 0.2) is 36.5 Å². The van der Waals surface area contributed by atoms with Crippen LogP contribution in [0.5, 0.6) is 0 Å². The maximum absolute atomic E-state index is 5.88. The predicted octanol–water partition coefficient (Wildman–Crippen LogP) is 4.06. The second-order valence-corrected chi connectivity index (χ2v) is 7.17. The largest absolute Gasteiger partial charge is 0.373 e. The molecule has 1 atom stereocenters. The van der Waals surface area contributed by atoms with Crippen LogP contribution in [-0.2, 0) is 17.7 Å². The van der Waals surface area contributed by atoms with E-state index in [2.05, 4.69) is 41.2 Å². The summed E-state index contributed by atoms with van der Waals surface area (Å²) in [5.41, 5.74) is 1.16. The van der Waals surface area contributed by atoms with Crippen LogP contribution >= 0.6 is 11.3 Å². The Morgan fingerprint density at radius 2 is 2.23 bits per heavy atom. The molecule has 3 rings (SSSR count). The second-order valence-electron chi connectivity index (χ2n) is 5.97. The molecule has 2 aromatic rings. The van der Waals surface area contributed by atoms with Gasteiger partial charge in [0.1, 0.15) is 0 Å². The van der Waals surface area contributed by atoms with Crippen LogP contribution in [0.2, 0.25) is 0 Å². The number of aromatic nitrogens is 1. The molecule has 0 radical (unpaired) electrons. The molecule has 3 nitrogen and oxygen atoms in total. The van der Waals surface area contributed by atoms with Crippen molar-refractivity contribution >= 4 is 11.3 Å². The maximum Gasteiger partial charge on any atom is 0.0916 e. The van der Waals surface area contributed by atoms with Crippen molar-refractivity contribution < 1.29 is 4.74 Å². The second kappa shape index (κ2) is 7.86. The topological polar surface area (TPSA) is 25.4 Å². The first-order valence-corrected chi connectivity index (χ1v) is 8.91. The van der Waals surface area contributed by atoms with E-state index < -0.39 is 0 Å². The minimum Gasteiger partial charge on any atom is -0.373 e. The smallest absolute Gasteiger partial charge is 0.0916 e. The molecule has 1 fully saturated rings. The van der Waals surface area contributed by atoms with E-state index in [9.17, 15) is 0 Å². The molecule has 0 amide bonds. The van der Waals surface area contributed by atoms with E-state index in [4.69, 9.17) is 4.74 Å². The van der Waals surface area contributed by atoms with Gasteiger partial charge in [-0.25, -0.2) is 0 Å². The summed E-state index contributed by atoms with van der Waals surface area (Å²) in [6.45, 7) is 2.95. The lowest BCUT2D eigenvalue weighted by Gasteiger charge is -2.21. The normalized spacial score (nSPS) is 18.7. The Balaban J connectivity index is 1.49. The van der Waals surface area contributed by atoms with Gasteiger partial charge in [0.05, 0.1) is 6.10 Å². The molecule has 22 heavy (non-hydrogen) atoms. The van der Waals surface area contributed by atoms with E-state index in [1.165, 1.54) is 29.0 Å². The third kappa shape index (κ3) is 4.38. The fourth-order valence-electron chi connectivity index (χ4n) is 2.81. The number of ether oxygens (including phenoxy) is 1. The van der Waals surface area contributed by atoms with Crippen molar-refractivity contribution in [2.24, 2.45) is 0 Å². The summed E-state index contributed by atoms with van der Waals surface area (Å²) in [4.78, 5) is 9.57. The van der Waals surface area contributed by atoms with E-state index in [-0.39, 0.29) is 0 Å². The standard InChI is InChI=1S/C18H24N2OS/c1-20(12-10-15-6-2-4-11-19-15)14-16-8-9-18(22-16)17-7-3-5-13-21-17/h2,4,6,8-9,11,17H,3,5,7,10,12-14H2,1H3/t17-/m0/s1. The van der Waals surface area contributed by atoms with Crippen LogP contribution in [-0.4, -0.2) is 30.1 Å². The number of nitrogens with zero attached hydrogens (tertiary/aromatic N) is 2. The van der Waals surface area contributed by atoms with Crippen LogP contribution in [0.25, 0.3) is 0 Å². The highest BCUT2D eigenvalue weighted by Gasteiger charge is 2.18. The predicted molar refractivity (Wildman–Crippen MR) is 91.1 cm³/mol. The first-order valence-electron chi connectivity index (χ1n) is 8.10. The summed E-state index contributed by atoms with van der Waals surface area (Å²) in [5.74, 6) is 0. The Hall–Kier alpha value is -1.23. The van der Waals surface area contributed by atoms with E-state index in [1.807, 2.05) is 23.6 Å². The van der Waals surface area contributed by atoms with Gasteiger partial charge in [0.2, 0.25) is 0 Å². The third-order valence-corrected chi connectivity index (χ3v) is 5.24. The molecule has 0 aromatic carbocycles. The van der Waals surface area contributed by atoms with Crippen LogP contribution in [0.4, 0.5) is 0 Å².